The zero-order chi connectivity index (χ0) is 9.60. The molecule has 0 amide bonds. The van der Waals surface area contributed by atoms with Crippen LogP contribution in [-0.2, 0) is 6.42 Å². The molecule has 3 heteroatoms. The molecule has 0 radical (unpaired) electrons. The van der Waals surface area contributed by atoms with Crippen LogP contribution in [0.5, 0.6) is 0 Å². The van der Waals surface area contributed by atoms with E-state index in [-0.39, 0.29) is 0 Å². The summed E-state index contributed by atoms with van der Waals surface area (Å²) in [4.78, 5) is 0. The molecular weight excluding hydrogens is 194 g/mol. The van der Waals surface area contributed by atoms with Crippen LogP contribution in [0.1, 0.15) is 30.2 Å². The minimum atomic E-state index is 0.438. The van der Waals surface area contributed by atoms with Crippen molar-refractivity contribution < 1.29 is 4.42 Å². The summed E-state index contributed by atoms with van der Waals surface area (Å²) in [5.74, 6) is 1.20. The van der Waals surface area contributed by atoms with E-state index in [1.807, 2.05) is 18.0 Å². The number of furan rings is 1. The van der Waals surface area contributed by atoms with Crippen molar-refractivity contribution in [2.75, 3.05) is 12.8 Å². The summed E-state index contributed by atoms with van der Waals surface area (Å²) < 4.78 is 6.06. The van der Waals surface area contributed by atoms with Crippen LogP contribution in [0.3, 0.4) is 0 Å². The summed E-state index contributed by atoms with van der Waals surface area (Å²) in [7, 11) is 0. The second-order valence-electron chi connectivity index (χ2n) is 4.22. The zero-order valence-corrected chi connectivity index (χ0v) is 9.19. The zero-order valence-electron chi connectivity index (χ0n) is 8.38. The second-order valence-corrected chi connectivity index (χ2v) is 5.44. The highest BCUT2D eigenvalue weighted by Gasteiger charge is 2.51. The van der Waals surface area contributed by atoms with Crippen molar-refractivity contribution in [1.29, 1.82) is 0 Å². The van der Waals surface area contributed by atoms with Crippen LogP contribution in [0.25, 0.3) is 0 Å². The average Bonchev–Trinajstić information content (AvgIpc) is 2.87. The number of hydrogen-bond acceptors (Lipinski definition) is 3. The van der Waals surface area contributed by atoms with E-state index >= 15 is 0 Å². The first-order chi connectivity index (χ1) is 6.86. The van der Waals surface area contributed by atoms with Crippen LogP contribution >= 0.6 is 11.8 Å². The molecule has 1 N–H and O–H groups in total. The molecule has 0 spiro atoms. The van der Waals surface area contributed by atoms with Gasteiger partial charge in [-0.1, -0.05) is 0 Å². The maximum atomic E-state index is 5.62. The van der Waals surface area contributed by atoms with Crippen molar-refractivity contribution in [3.05, 3.63) is 23.7 Å². The Morgan fingerprint density at radius 1 is 1.57 bits per heavy atom. The van der Waals surface area contributed by atoms with Crippen molar-refractivity contribution >= 4 is 11.8 Å². The van der Waals surface area contributed by atoms with Crippen molar-refractivity contribution in [2.45, 2.75) is 30.1 Å². The van der Waals surface area contributed by atoms with Crippen LogP contribution in [0.4, 0.5) is 0 Å². The lowest BCUT2D eigenvalue weighted by atomic mass is 9.99. The Balaban J connectivity index is 1.96. The molecule has 1 unspecified atom stereocenters. The minimum absolute atomic E-state index is 0.438. The molecule has 1 fully saturated rings. The summed E-state index contributed by atoms with van der Waals surface area (Å²) in [5.41, 5.74) is 1.41. The van der Waals surface area contributed by atoms with Crippen molar-refractivity contribution in [2.24, 2.45) is 0 Å². The van der Waals surface area contributed by atoms with Gasteiger partial charge in [-0.2, -0.15) is 11.8 Å². The predicted molar refractivity (Wildman–Crippen MR) is 58.6 cm³/mol. The number of nitrogens with one attached hydrogen (secondary N) is 1. The molecule has 2 aliphatic rings. The van der Waals surface area contributed by atoms with E-state index in [1.165, 1.54) is 24.2 Å². The van der Waals surface area contributed by atoms with Gasteiger partial charge in [0.1, 0.15) is 5.76 Å². The van der Waals surface area contributed by atoms with Gasteiger partial charge in [0.15, 0.2) is 0 Å². The normalized spacial score (nSPS) is 28.5. The van der Waals surface area contributed by atoms with Gasteiger partial charge in [0.2, 0.25) is 0 Å². The lowest BCUT2D eigenvalue weighted by molar-refractivity contribution is 0.377. The molecule has 1 aromatic rings. The Hall–Kier alpha value is -0.410. The van der Waals surface area contributed by atoms with E-state index in [4.69, 9.17) is 4.42 Å². The standard InChI is InChI=1S/C11H15NOS/c1-14-11(4-5-11)10-9-8(2-6-12-10)3-7-13-9/h3,7,10,12H,2,4-6H2,1H3. The number of hydrogen-bond donors (Lipinski definition) is 1. The molecule has 1 saturated carbocycles. The van der Waals surface area contributed by atoms with E-state index in [0.717, 1.165) is 13.0 Å². The fourth-order valence-corrected chi connectivity index (χ4v) is 3.35. The molecular formula is C11H15NOS. The van der Waals surface area contributed by atoms with Gasteiger partial charge in [-0.05, 0) is 37.1 Å². The first kappa shape index (κ1) is 8.86. The minimum Gasteiger partial charge on any atom is -0.467 e. The molecule has 0 bridgehead atoms. The largest absolute Gasteiger partial charge is 0.467 e. The van der Waals surface area contributed by atoms with E-state index < -0.39 is 0 Å². The Labute approximate surface area is 88.4 Å². The van der Waals surface area contributed by atoms with Gasteiger partial charge in [0, 0.05) is 11.3 Å². The first-order valence-corrected chi connectivity index (χ1v) is 6.43. The predicted octanol–water partition coefficient (Wildman–Crippen LogP) is 2.36. The molecule has 1 aromatic heterocycles. The molecule has 3 rings (SSSR count). The summed E-state index contributed by atoms with van der Waals surface area (Å²) in [6, 6.07) is 2.58. The van der Waals surface area contributed by atoms with Gasteiger partial charge in [-0.15, -0.1) is 0 Å². The third-order valence-electron chi connectivity index (χ3n) is 3.46. The van der Waals surface area contributed by atoms with Crippen LogP contribution in [-0.4, -0.2) is 17.5 Å². The SMILES string of the molecule is CSC1(C2NCCc3ccoc32)CC1. The van der Waals surface area contributed by atoms with Crippen molar-refractivity contribution in [1.82, 2.24) is 5.32 Å². The Kier molecular flexibility index (Phi) is 1.92. The lowest BCUT2D eigenvalue weighted by Crippen LogP contribution is -2.36. The van der Waals surface area contributed by atoms with Gasteiger partial charge < -0.3 is 9.73 Å². The van der Waals surface area contributed by atoms with Gasteiger partial charge in [0.25, 0.3) is 0 Å². The van der Waals surface area contributed by atoms with E-state index in [0.29, 0.717) is 10.8 Å². The second kappa shape index (κ2) is 3.04. The van der Waals surface area contributed by atoms with E-state index in [1.54, 1.807) is 0 Å². The van der Waals surface area contributed by atoms with Gasteiger partial charge in [-0.3, -0.25) is 0 Å². The molecule has 76 valence electrons. The molecule has 2 nitrogen and oxygen atoms in total. The molecule has 1 aliphatic heterocycles. The topological polar surface area (TPSA) is 25.2 Å². The summed E-state index contributed by atoms with van der Waals surface area (Å²) in [6.07, 6.45) is 7.82. The molecule has 2 heterocycles. The van der Waals surface area contributed by atoms with Crippen molar-refractivity contribution in [3.63, 3.8) is 0 Å². The Morgan fingerprint density at radius 3 is 3.14 bits per heavy atom. The number of fused-ring (bicyclic) bond motifs is 1. The highest BCUT2D eigenvalue weighted by atomic mass is 32.2. The van der Waals surface area contributed by atoms with Gasteiger partial charge in [0.05, 0.1) is 12.3 Å². The number of rotatable bonds is 2. The van der Waals surface area contributed by atoms with Gasteiger partial charge in [-0.25, -0.2) is 0 Å². The first-order valence-electron chi connectivity index (χ1n) is 5.20. The smallest absolute Gasteiger partial charge is 0.125 e. The highest BCUT2D eigenvalue weighted by Crippen LogP contribution is 2.56. The third kappa shape index (κ3) is 1.15. The number of thioether (sulfide) groups is 1. The molecule has 1 aliphatic carbocycles. The van der Waals surface area contributed by atoms with Crippen LogP contribution < -0.4 is 5.32 Å². The van der Waals surface area contributed by atoms with E-state index in [2.05, 4.69) is 17.6 Å². The van der Waals surface area contributed by atoms with Crippen LogP contribution in [0.15, 0.2) is 16.7 Å². The Morgan fingerprint density at radius 2 is 2.43 bits per heavy atom. The van der Waals surface area contributed by atoms with Crippen LogP contribution in [0, 0.1) is 0 Å². The maximum absolute atomic E-state index is 5.62. The molecule has 0 saturated heterocycles. The average molecular weight is 209 g/mol. The molecule has 1 atom stereocenters. The van der Waals surface area contributed by atoms with Crippen LogP contribution in [0.2, 0.25) is 0 Å². The summed E-state index contributed by atoms with van der Waals surface area (Å²) in [6.45, 7) is 1.10. The lowest BCUT2D eigenvalue weighted by Gasteiger charge is -2.29. The van der Waals surface area contributed by atoms with Crippen molar-refractivity contribution in [3.8, 4) is 0 Å². The quantitative estimate of drug-likeness (QED) is 0.809. The van der Waals surface area contributed by atoms with E-state index in [9.17, 15) is 0 Å². The van der Waals surface area contributed by atoms with Gasteiger partial charge >= 0.3 is 0 Å². The Bertz CT molecular complexity index is 343. The fourth-order valence-electron chi connectivity index (χ4n) is 2.41. The summed E-state index contributed by atoms with van der Waals surface area (Å²) in [5, 5.41) is 3.60. The summed E-state index contributed by atoms with van der Waals surface area (Å²) >= 11 is 1.99. The monoisotopic (exact) mass is 209 g/mol. The molecule has 0 aromatic carbocycles. The highest BCUT2D eigenvalue weighted by molar-refractivity contribution is 8.00. The maximum Gasteiger partial charge on any atom is 0.125 e. The third-order valence-corrected chi connectivity index (χ3v) is 4.92. The molecule has 14 heavy (non-hydrogen) atoms. The fraction of sp³-hybridized carbons (Fsp3) is 0.636.